The molecule has 1 amide bonds. The first-order valence-electron chi connectivity index (χ1n) is 14.3. The molecule has 4 aromatic rings. The van der Waals surface area contributed by atoms with Gasteiger partial charge in [0.2, 0.25) is 0 Å². The Morgan fingerprint density at radius 2 is 1.23 bits per heavy atom. The van der Waals surface area contributed by atoms with Crippen LogP contribution < -0.4 is 26.4 Å². The summed E-state index contributed by atoms with van der Waals surface area (Å²) in [6.45, 7) is 10.4. The lowest BCUT2D eigenvalue weighted by Crippen LogP contribution is -2.46. The molecular formula is C32H35N3O9. The second kappa shape index (κ2) is 13.9. The Morgan fingerprint density at radius 1 is 0.750 bits per heavy atom. The average Bonchev–Trinajstić information content (AvgIpc) is 3.02. The van der Waals surface area contributed by atoms with E-state index in [1.807, 2.05) is 39.8 Å². The molecule has 0 fully saturated rings. The highest BCUT2D eigenvalue weighted by molar-refractivity contribution is 5.99. The van der Waals surface area contributed by atoms with Crippen molar-refractivity contribution in [2.75, 3.05) is 49.7 Å². The summed E-state index contributed by atoms with van der Waals surface area (Å²) in [5.74, 6) is -2.94. The number of hydrogen-bond acceptors (Lipinski definition) is 11. The average molecular weight is 606 g/mol. The van der Waals surface area contributed by atoms with Crippen LogP contribution in [0.5, 0.6) is 0 Å². The van der Waals surface area contributed by atoms with Gasteiger partial charge in [0, 0.05) is 60.5 Å². The van der Waals surface area contributed by atoms with E-state index in [9.17, 15) is 24.0 Å². The minimum atomic E-state index is -1.49. The molecule has 0 aliphatic rings. The normalized spacial score (nSPS) is 11.7. The zero-order valence-corrected chi connectivity index (χ0v) is 25.3. The second-order valence-corrected chi connectivity index (χ2v) is 9.83. The number of methoxy groups -OCH3 is 1. The van der Waals surface area contributed by atoms with E-state index in [-0.39, 0.29) is 11.1 Å². The number of nitrogens with zero attached hydrogens (tertiary/aromatic N) is 2. The number of rotatable bonds is 12. The van der Waals surface area contributed by atoms with Crippen LogP contribution in [0.1, 0.15) is 48.4 Å². The molecule has 12 heteroatoms. The number of fused-ring (bicyclic) bond motifs is 2. The number of amides is 1. The van der Waals surface area contributed by atoms with E-state index in [4.69, 9.17) is 18.3 Å². The highest BCUT2D eigenvalue weighted by Gasteiger charge is 2.27. The van der Waals surface area contributed by atoms with Crippen molar-refractivity contribution in [1.82, 2.24) is 5.32 Å². The van der Waals surface area contributed by atoms with Crippen LogP contribution in [0.15, 0.2) is 67.0 Å². The molecule has 0 saturated heterocycles. The number of nitrogens with one attached hydrogen (secondary N) is 1. The molecule has 12 nitrogen and oxygen atoms in total. The zero-order chi connectivity index (χ0) is 32.0. The fourth-order valence-corrected chi connectivity index (χ4v) is 4.85. The topological polar surface area (TPSA) is 149 Å². The Bertz CT molecular complexity index is 1800. The van der Waals surface area contributed by atoms with Gasteiger partial charge < -0.3 is 33.4 Å². The highest BCUT2D eigenvalue weighted by Crippen LogP contribution is 2.23. The maximum absolute atomic E-state index is 13.0. The maximum Gasteiger partial charge on any atom is 0.351 e. The van der Waals surface area contributed by atoms with Gasteiger partial charge in [-0.15, -0.1) is 0 Å². The maximum atomic E-state index is 13.0. The van der Waals surface area contributed by atoms with Gasteiger partial charge in [0.1, 0.15) is 28.9 Å². The minimum Gasteiger partial charge on any atom is -0.467 e. The number of ether oxygens (including phenoxy) is 2. The Labute approximate surface area is 253 Å². The minimum absolute atomic E-state index is 0.299. The molecule has 0 unspecified atom stereocenters. The summed E-state index contributed by atoms with van der Waals surface area (Å²) in [5.41, 5.74) is -0.249. The van der Waals surface area contributed by atoms with Gasteiger partial charge in [-0.1, -0.05) is 0 Å². The smallest absolute Gasteiger partial charge is 0.351 e. The molecule has 0 aliphatic carbocycles. The molecule has 2 heterocycles. The second-order valence-electron chi connectivity index (χ2n) is 9.83. The largest absolute Gasteiger partial charge is 0.467 e. The first-order valence-corrected chi connectivity index (χ1v) is 14.3. The summed E-state index contributed by atoms with van der Waals surface area (Å²) in [5, 5.41) is 3.35. The summed E-state index contributed by atoms with van der Waals surface area (Å²) in [7, 11) is 1.09. The highest BCUT2D eigenvalue weighted by atomic mass is 16.5. The van der Waals surface area contributed by atoms with Crippen molar-refractivity contribution in [2.45, 2.75) is 33.7 Å². The third kappa shape index (κ3) is 6.74. The monoisotopic (exact) mass is 605 g/mol. The Balaban J connectivity index is 1.51. The number of benzene rings is 2. The van der Waals surface area contributed by atoms with Gasteiger partial charge in [-0.05, 0) is 64.1 Å². The summed E-state index contributed by atoms with van der Waals surface area (Å²) < 4.78 is 20.7. The van der Waals surface area contributed by atoms with Gasteiger partial charge in [-0.2, -0.15) is 0 Å². The van der Waals surface area contributed by atoms with E-state index < -0.39 is 41.7 Å². The van der Waals surface area contributed by atoms with Crippen LogP contribution >= 0.6 is 0 Å². The van der Waals surface area contributed by atoms with Crippen molar-refractivity contribution in [3.8, 4) is 0 Å². The van der Waals surface area contributed by atoms with Crippen LogP contribution in [0, 0.1) is 0 Å². The van der Waals surface area contributed by atoms with Crippen LogP contribution in [-0.2, 0) is 14.3 Å². The molecular weight excluding hydrogens is 570 g/mol. The predicted molar refractivity (Wildman–Crippen MR) is 166 cm³/mol. The fraction of sp³-hybridized carbons (Fsp3) is 0.344. The molecule has 1 atom stereocenters. The third-order valence-electron chi connectivity index (χ3n) is 7.33. The Hall–Kier alpha value is -5.13. The van der Waals surface area contributed by atoms with Gasteiger partial charge in [-0.3, -0.25) is 4.79 Å². The molecule has 1 N–H and O–H groups in total. The number of esters is 2. The lowest BCUT2D eigenvalue weighted by molar-refractivity contribution is -0.143. The molecule has 2 aromatic carbocycles. The lowest BCUT2D eigenvalue weighted by Gasteiger charge is -2.21. The van der Waals surface area contributed by atoms with Gasteiger partial charge >= 0.3 is 23.2 Å². The summed E-state index contributed by atoms with van der Waals surface area (Å²) in [6.07, 6.45) is 0. The quantitative estimate of drug-likeness (QED) is 0.186. The van der Waals surface area contributed by atoms with Crippen LogP contribution in [0.4, 0.5) is 11.4 Å². The van der Waals surface area contributed by atoms with Gasteiger partial charge in [0.05, 0.1) is 7.11 Å². The van der Waals surface area contributed by atoms with Crippen LogP contribution in [0.3, 0.4) is 0 Å². The first kappa shape index (κ1) is 31.8. The van der Waals surface area contributed by atoms with Crippen molar-refractivity contribution >= 4 is 51.2 Å². The van der Waals surface area contributed by atoms with Gasteiger partial charge in [-0.25, -0.2) is 19.2 Å². The summed E-state index contributed by atoms with van der Waals surface area (Å²) >= 11 is 0. The standard InChI is InChI=1S/C32H35N3O9/c1-6-34(7-2)21-12-10-19-14-23(30(38)43-26(19)16-21)28(36)33-25(32(40)41-5)18-42-29(37)24-15-20-11-13-22(35(8-3)9-4)17-27(20)44-31(24)39/h10-17,25H,6-9,18H2,1-5H3,(H,33,36)/t25-/m0/s1. The SMILES string of the molecule is CCN(CC)c1ccc2cc(C(=O)N[C@@H](COC(=O)c3cc4ccc(N(CC)CC)cc4oc3=O)C(=O)OC)c(=O)oc2c1. The molecule has 2 aromatic heterocycles. The summed E-state index contributed by atoms with van der Waals surface area (Å²) in [4.78, 5) is 67.8. The molecule has 4 rings (SSSR count). The van der Waals surface area contributed by atoms with E-state index in [0.717, 1.165) is 44.7 Å². The van der Waals surface area contributed by atoms with Crippen LogP contribution in [0.25, 0.3) is 21.9 Å². The van der Waals surface area contributed by atoms with E-state index in [1.54, 1.807) is 24.3 Å². The third-order valence-corrected chi connectivity index (χ3v) is 7.33. The molecule has 0 spiro atoms. The van der Waals surface area contributed by atoms with Crippen molar-refractivity contribution in [3.63, 3.8) is 0 Å². The molecule has 0 aliphatic heterocycles. The molecule has 0 radical (unpaired) electrons. The van der Waals surface area contributed by atoms with Crippen molar-refractivity contribution in [1.29, 1.82) is 0 Å². The molecule has 0 bridgehead atoms. The Morgan fingerprint density at radius 3 is 1.70 bits per heavy atom. The van der Waals surface area contributed by atoms with Crippen molar-refractivity contribution in [3.05, 3.63) is 80.5 Å². The van der Waals surface area contributed by atoms with Gasteiger partial charge in [0.25, 0.3) is 5.91 Å². The van der Waals surface area contributed by atoms with E-state index in [1.165, 1.54) is 12.1 Å². The van der Waals surface area contributed by atoms with E-state index in [2.05, 4.69) is 15.1 Å². The van der Waals surface area contributed by atoms with E-state index >= 15 is 0 Å². The number of carbonyl (C=O) groups is 3. The van der Waals surface area contributed by atoms with Crippen LogP contribution in [0.2, 0.25) is 0 Å². The first-order chi connectivity index (χ1) is 21.1. The molecule has 44 heavy (non-hydrogen) atoms. The van der Waals surface area contributed by atoms with Crippen molar-refractivity contribution < 1.29 is 32.7 Å². The van der Waals surface area contributed by atoms with Crippen LogP contribution in [-0.4, -0.2) is 63.8 Å². The molecule has 0 saturated carbocycles. The summed E-state index contributed by atoms with van der Waals surface area (Å²) in [6, 6.07) is 11.8. The number of hydrogen-bond donors (Lipinski definition) is 1. The Kier molecular flexibility index (Phi) is 10.0. The zero-order valence-electron chi connectivity index (χ0n) is 25.3. The van der Waals surface area contributed by atoms with Crippen molar-refractivity contribution in [2.24, 2.45) is 0 Å². The lowest BCUT2D eigenvalue weighted by atomic mass is 10.1. The van der Waals surface area contributed by atoms with Gasteiger partial charge in [0.15, 0.2) is 6.04 Å². The molecule has 232 valence electrons. The fourth-order valence-electron chi connectivity index (χ4n) is 4.85. The number of carbonyl (C=O) groups excluding carboxylic acids is 3. The predicted octanol–water partition coefficient (Wildman–Crippen LogP) is 3.72. The number of anilines is 2. The van der Waals surface area contributed by atoms with E-state index in [0.29, 0.717) is 21.9 Å².